The van der Waals surface area contributed by atoms with Crippen LogP contribution in [0.4, 0.5) is 11.5 Å². The molecule has 0 saturated carbocycles. The van der Waals surface area contributed by atoms with Crippen molar-refractivity contribution in [3.8, 4) is 5.75 Å². The Balaban J connectivity index is 0.000000277. The van der Waals surface area contributed by atoms with Gasteiger partial charge < -0.3 is 5.73 Å². The van der Waals surface area contributed by atoms with E-state index in [1.54, 1.807) is 6.07 Å². The maximum atomic E-state index is 11.0. The fourth-order valence-corrected chi connectivity index (χ4v) is 3.26. The summed E-state index contributed by atoms with van der Waals surface area (Å²) in [7, 11) is 0. The van der Waals surface area contributed by atoms with E-state index in [2.05, 4.69) is 26.2 Å². The average Bonchev–Trinajstić information content (AvgIpc) is 2.39. The molecule has 2 rings (SSSR count). The Morgan fingerprint density at radius 1 is 1.26 bits per heavy atom. The third-order valence-corrected chi connectivity index (χ3v) is 4.89. The topological polar surface area (TPSA) is 146 Å². The van der Waals surface area contributed by atoms with Crippen LogP contribution in [0.25, 0.3) is 0 Å². The normalized spacial score (nSPS) is 10.4. The smallest absolute Gasteiger partial charge is 0.124 e. The predicted octanol–water partition coefficient (Wildman–Crippen LogP) is 0.338. The number of hydrogen-bond acceptors (Lipinski definition) is 5. The first kappa shape index (κ1) is 19.2. The van der Waals surface area contributed by atoms with Gasteiger partial charge in [0.15, 0.2) is 0 Å². The Kier molecular flexibility index (Phi) is 6.83. The standard InChI is InChI=1S/C8H10AsNO5.C5H5BrN2/c1-5(11)10-7-4-2-3-6(8(7)12)9(13,14)15;6-4-2-1-3-5(7)8-4/h2-4,12H,1H3,(H,10,11)(H2,13,14,15);1-3H,(H2,7,8). The number of nitrogens with one attached hydrogen (secondary N) is 1. The van der Waals surface area contributed by atoms with E-state index in [1.165, 1.54) is 19.1 Å². The van der Waals surface area contributed by atoms with Gasteiger partial charge in [-0.15, -0.1) is 0 Å². The molecule has 2 aromatic rings. The number of phenolic OH excluding ortho intramolecular Hbond substituents is 1. The van der Waals surface area contributed by atoms with Crippen molar-refractivity contribution in [1.29, 1.82) is 0 Å². The van der Waals surface area contributed by atoms with Crippen LogP contribution >= 0.6 is 15.9 Å². The molecule has 0 aliphatic rings. The number of rotatable bonds is 2. The molecule has 0 bridgehead atoms. The number of amides is 1. The Bertz CT molecular complexity index is 733. The van der Waals surface area contributed by atoms with Gasteiger partial charge in [-0.3, -0.25) is 0 Å². The SMILES string of the molecule is CC(=O)Nc1cccc([As](=O)(O)O)c1O.Nc1cccc(Br)n1. The first-order valence-corrected chi connectivity index (χ1v) is 10.3. The number of halogens is 1. The average molecular weight is 448 g/mol. The number of nitrogen functional groups attached to an aromatic ring is 1. The number of carbonyl (C=O) groups is 1. The molecule has 0 spiro atoms. The molecule has 0 saturated heterocycles. The van der Waals surface area contributed by atoms with Crippen molar-refractivity contribution in [2.45, 2.75) is 6.92 Å². The Morgan fingerprint density at radius 2 is 1.87 bits per heavy atom. The second-order valence-corrected chi connectivity index (χ2v) is 8.39. The molecule has 0 aliphatic carbocycles. The molecule has 8 nitrogen and oxygen atoms in total. The number of benzene rings is 1. The molecule has 1 heterocycles. The van der Waals surface area contributed by atoms with Crippen molar-refractivity contribution in [3.05, 3.63) is 41.0 Å². The van der Waals surface area contributed by atoms with Crippen LogP contribution in [0.2, 0.25) is 0 Å². The molecule has 0 atom stereocenters. The molecule has 23 heavy (non-hydrogen) atoms. The van der Waals surface area contributed by atoms with E-state index in [9.17, 15) is 13.6 Å². The number of nitrogens with two attached hydrogens (primary N) is 1. The van der Waals surface area contributed by atoms with Crippen LogP contribution in [0, 0.1) is 0 Å². The summed E-state index contributed by atoms with van der Waals surface area (Å²) in [5.74, 6) is -0.472. The minimum atomic E-state index is -5.15. The molecule has 10 heteroatoms. The number of para-hydroxylation sites is 1. The van der Waals surface area contributed by atoms with Crippen LogP contribution in [0.15, 0.2) is 41.0 Å². The van der Waals surface area contributed by atoms with Gasteiger partial charge in [-0.25, -0.2) is 4.98 Å². The molecule has 0 radical (unpaired) electrons. The van der Waals surface area contributed by atoms with Crippen molar-refractivity contribution >= 4 is 51.9 Å². The zero-order valence-electron chi connectivity index (χ0n) is 12.0. The van der Waals surface area contributed by atoms with Crippen LogP contribution in [-0.4, -0.2) is 38.4 Å². The van der Waals surface area contributed by atoms with E-state index in [0.29, 0.717) is 5.82 Å². The molecule has 0 aliphatic heterocycles. The van der Waals surface area contributed by atoms with Gasteiger partial charge in [0.05, 0.1) is 0 Å². The van der Waals surface area contributed by atoms with E-state index in [0.717, 1.165) is 10.7 Å². The Morgan fingerprint density at radius 3 is 2.30 bits per heavy atom. The predicted molar refractivity (Wildman–Crippen MR) is 89.3 cm³/mol. The van der Waals surface area contributed by atoms with Crippen LogP contribution < -0.4 is 15.4 Å². The number of hydrogen-bond donors (Lipinski definition) is 5. The summed E-state index contributed by atoms with van der Waals surface area (Å²) in [5.41, 5.74) is 5.31. The van der Waals surface area contributed by atoms with Gasteiger partial charge in [-0.2, -0.15) is 0 Å². The second-order valence-electron chi connectivity index (χ2n) is 4.28. The van der Waals surface area contributed by atoms with Gasteiger partial charge in [-0.1, -0.05) is 6.07 Å². The zero-order chi connectivity index (χ0) is 17.6. The fraction of sp³-hybridized carbons (Fsp3) is 0.0769. The van der Waals surface area contributed by atoms with E-state index < -0.39 is 30.2 Å². The van der Waals surface area contributed by atoms with Gasteiger partial charge >= 0.3 is 88.1 Å². The van der Waals surface area contributed by atoms with Gasteiger partial charge in [0.2, 0.25) is 0 Å². The van der Waals surface area contributed by atoms with Gasteiger partial charge in [0.25, 0.3) is 0 Å². The summed E-state index contributed by atoms with van der Waals surface area (Å²) in [6.07, 6.45) is 0. The zero-order valence-corrected chi connectivity index (χ0v) is 15.4. The van der Waals surface area contributed by atoms with Crippen molar-refractivity contribution in [3.63, 3.8) is 0 Å². The number of pyridine rings is 1. The monoisotopic (exact) mass is 447 g/mol. The van der Waals surface area contributed by atoms with Crippen LogP contribution in [0.1, 0.15) is 6.92 Å². The van der Waals surface area contributed by atoms with Crippen LogP contribution in [0.3, 0.4) is 0 Å². The Labute approximate surface area is 143 Å². The maximum absolute atomic E-state index is 11.0. The van der Waals surface area contributed by atoms with E-state index in [1.807, 2.05) is 12.1 Å². The van der Waals surface area contributed by atoms with Crippen molar-refractivity contribution < 1.29 is 21.8 Å². The Hall–Kier alpha value is -1.80. The molecule has 124 valence electrons. The van der Waals surface area contributed by atoms with Crippen molar-refractivity contribution in [2.24, 2.45) is 0 Å². The molecule has 1 amide bonds. The van der Waals surface area contributed by atoms with E-state index in [4.69, 9.17) is 13.9 Å². The molecule has 6 N–H and O–H groups in total. The molecular formula is C13H15AsBrN3O5. The molecule has 1 aromatic carbocycles. The van der Waals surface area contributed by atoms with Crippen molar-refractivity contribution in [2.75, 3.05) is 11.1 Å². The van der Waals surface area contributed by atoms with E-state index >= 15 is 0 Å². The molecular weight excluding hydrogens is 433 g/mol. The van der Waals surface area contributed by atoms with E-state index in [-0.39, 0.29) is 5.69 Å². The number of anilines is 2. The summed E-state index contributed by atoms with van der Waals surface area (Å²) in [6, 6.07) is 9.24. The van der Waals surface area contributed by atoms with Crippen molar-refractivity contribution in [1.82, 2.24) is 4.98 Å². The summed E-state index contributed by atoms with van der Waals surface area (Å²) in [5, 5.41) is 11.7. The molecule has 0 fully saturated rings. The number of phenols is 1. The number of aromatic nitrogens is 1. The van der Waals surface area contributed by atoms with Crippen LogP contribution in [0.5, 0.6) is 5.75 Å². The summed E-state index contributed by atoms with van der Waals surface area (Å²) < 4.78 is 29.2. The quantitative estimate of drug-likeness (QED) is 0.253. The largest absolute Gasteiger partial charge is 0.384 e. The van der Waals surface area contributed by atoms with Gasteiger partial charge in [0, 0.05) is 0 Å². The first-order chi connectivity index (χ1) is 10.6. The second kappa shape index (κ2) is 8.16. The maximum Gasteiger partial charge on any atom is 0.124 e. The van der Waals surface area contributed by atoms with Crippen LogP contribution in [-0.2, 0) is 8.53 Å². The summed E-state index contributed by atoms with van der Waals surface area (Å²) in [6.45, 7) is 1.23. The third-order valence-electron chi connectivity index (χ3n) is 2.38. The third kappa shape index (κ3) is 6.45. The summed E-state index contributed by atoms with van der Waals surface area (Å²) in [4.78, 5) is 14.6. The molecule has 1 aromatic heterocycles. The minimum absolute atomic E-state index is 0.00951. The summed E-state index contributed by atoms with van der Waals surface area (Å²) >= 11 is -1.98. The number of nitrogens with zero attached hydrogens (tertiary/aromatic N) is 1. The van der Waals surface area contributed by atoms with Gasteiger partial charge in [-0.05, 0) is 28.1 Å². The van der Waals surface area contributed by atoms with Gasteiger partial charge in [0.1, 0.15) is 10.4 Å². The minimum Gasteiger partial charge on any atom is -0.384 e. The fourth-order valence-electron chi connectivity index (χ4n) is 1.48. The first-order valence-electron chi connectivity index (χ1n) is 6.15. The number of aromatic hydroxyl groups is 1. The molecule has 0 unspecified atom stereocenters. The number of carbonyl (C=O) groups excluding carboxylic acids is 1.